The molecule has 1 fully saturated rings. The number of rotatable bonds is 8. The number of phenols is 1. The summed E-state index contributed by atoms with van der Waals surface area (Å²) in [6.45, 7) is -0.309. The van der Waals surface area contributed by atoms with Crippen molar-refractivity contribution in [2.45, 2.75) is 50.0 Å². The van der Waals surface area contributed by atoms with Crippen LogP contribution in [0.2, 0.25) is 0 Å². The first-order valence-corrected chi connectivity index (χ1v) is 10.5. The van der Waals surface area contributed by atoms with Crippen LogP contribution in [0.4, 0.5) is 0 Å². The van der Waals surface area contributed by atoms with Crippen LogP contribution in [-0.2, 0) is 15.9 Å². The van der Waals surface area contributed by atoms with Gasteiger partial charge in [-0.05, 0) is 37.5 Å². The van der Waals surface area contributed by atoms with Crippen molar-refractivity contribution in [3.8, 4) is 11.4 Å². The van der Waals surface area contributed by atoms with Gasteiger partial charge in [0.25, 0.3) is 0 Å². The minimum atomic E-state index is -1.48. The van der Waals surface area contributed by atoms with Crippen molar-refractivity contribution in [3.63, 3.8) is 0 Å². The highest BCUT2D eigenvalue weighted by Gasteiger charge is 2.43. The third-order valence-electron chi connectivity index (χ3n) is 5.45. The Morgan fingerprint density at radius 1 is 1.09 bits per heavy atom. The summed E-state index contributed by atoms with van der Waals surface area (Å²) in [6.07, 6.45) is -3.11. The number of hydrogen-bond acceptors (Lipinski definition) is 11. The molecule has 5 N–H and O–H groups in total. The maximum absolute atomic E-state index is 12.3. The SMILES string of the molecule is O=c1oc2cc(O)ccc2cc1-n1cc(CCCCO[C@H]2O[C@H](CO)[C@@H](O)[C@H](O)[C@@H]2O)nn1. The van der Waals surface area contributed by atoms with E-state index >= 15 is 0 Å². The standard InChI is InChI=1S/C21H25N3O9/c25-10-16-17(27)18(28)19(29)21(33-16)31-6-2-1-3-12-9-24(23-22-12)14-7-11-4-5-13(26)8-15(11)32-20(14)30/h4-5,7-9,16-19,21,25-29H,1-3,6,10H2/t16-,17-,18+,19+,21+/m1/s1. The third kappa shape index (κ3) is 5.05. The molecule has 3 heterocycles. The van der Waals surface area contributed by atoms with Gasteiger partial charge >= 0.3 is 5.63 Å². The van der Waals surface area contributed by atoms with Gasteiger partial charge in [-0.1, -0.05) is 5.21 Å². The van der Waals surface area contributed by atoms with Crippen molar-refractivity contribution in [2.24, 2.45) is 0 Å². The highest BCUT2D eigenvalue weighted by atomic mass is 16.7. The fraction of sp³-hybridized carbons (Fsp3) is 0.476. The first-order chi connectivity index (χ1) is 15.9. The lowest BCUT2D eigenvalue weighted by molar-refractivity contribution is -0.301. The van der Waals surface area contributed by atoms with E-state index in [0.717, 1.165) is 0 Å². The Kier molecular flexibility index (Phi) is 7.02. The van der Waals surface area contributed by atoms with Crippen LogP contribution in [0.5, 0.6) is 5.75 Å². The van der Waals surface area contributed by atoms with Crippen LogP contribution >= 0.6 is 0 Å². The number of ether oxygens (including phenoxy) is 2. The monoisotopic (exact) mass is 463 g/mol. The van der Waals surface area contributed by atoms with Crippen LogP contribution in [0.3, 0.4) is 0 Å². The highest BCUT2D eigenvalue weighted by Crippen LogP contribution is 2.22. The van der Waals surface area contributed by atoms with E-state index < -0.39 is 42.9 Å². The number of fused-ring (bicyclic) bond motifs is 1. The van der Waals surface area contributed by atoms with Crippen LogP contribution in [0, 0.1) is 0 Å². The number of aliphatic hydroxyl groups is 4. The number of aryl methyl sites for hydroxylation is 1. The van der Waals surface area contributed by atoms with Crippen LogP contribution < -0.4 is 5.63 Å². The lowest BCUT2D eigenvalue weighted by Crippen LogP contribution is -2.59. The molecule has 0 radical (unpaired) electrons. The van der Waals surface area contributed by atoms with Gasteiger partial charge in [-0.25, -0.2) is 9.48 Å². The van der Waals surface area contributed by atoms with Gasteiger partial charge in [0.05, 0.1) is 18.5 Å². The molecule has 0 aliphatic carbocycles. The Hall–Kier alpha value is -2.87. The van der Waals surface area contributed by atoms with Gasteiger partial charge < -0.3 is 39.4 Å². The van der Waals surface area contributed by atoms with E-state index in [2.05, 4.69) is 10.3 Å². The maximum Gasteiger partial charge on any atom is 0.362 e. The Morgan fingerprint density at radius 2 is 1.91 bits per heavy atom. The summed E-state index contributed by atoms with van der Waals surface area (Å²) in [5, 5.41) is 56.9. The van der Waals surface area contributed by atoms with E-state index in [-0.39, 0.29) is 23.6 Å². The third-order valence-corrected chi connectivity index (χ3v) is 5.45. The summed E-state index contributed by atoms with van der Waals surface area (Å²) in [5.41, 5.74) is 0.493. The molecule has 0 amide bonds. The second-order valence-corrected chi connectivity index (χ2v) is 7.82. The van der Waals surface area contributed by atoms with Crippen molar-refractivity contribution >= 4 is 11.0 Å². The molecule has 4 rings (SSSR count). The van der Waals surface area contributed by atoms with E-state index in [1.165, 1.54) is 16.8 Å². The molecule has 12 heteroatoms. The van der Waals surface area contributed by atoms with E-state index in [4.69, 9.17) is 13.9 Å². The van der Waals surface area contributed by atoms with Gasteiger partial charge in [0.2, 0.25) is 0 Å². The molecule has 0 spiro atoms. The van der Waals surface area contributed by atoms with Gasteiger partial charge in [0, 0.05) is 18.1 Å². The zero-order chi connectivity index (χ0) is 23.5. The maximum atomic E-state index is 12.3. The Labute approximate surface area is 187 Å². The second kappa shape index (κ2) is 9.95. The van der Waals surface area contributed by atoms with E-state index in [9.17, 15) is 30.3 Å². The predicted molar refractivity (Wildman–Crippen MR) is 112 cm³/mol. The van der Waals surface area contributed by atoms with Crippen LogP contribution in [0.25, 0.3) is 16.7 Å². The van der Waals surface area contributed by atoms with Crippen molar-refractivity contribution < 1.29 is 39.4 Å². The first kappa shape index (κ1) is 23.3. The number of hydrogen-bond donors (Lipinski definition) is 5. The van der Waals surface area contributed by atoms with Crippen LogP contribution in [-0.4, -0.2) is 84.4 Å². The average molecular weight is 463 g/mol. The lowest BCUT2D eigenvalue weighted by atomic mass is 9.99. The first-order valence-electron chi connectivity index (χ1n) is 10.5. The lowest BCUT2D eigenvalue weighted by Gasteiger charge is -2.39. The zero-order valence-electron chi connectivity index (χ0n) is 17.5. The fourth-order valence-corrected chi connectivity index (χ4v) is 3.59. The van der Waals surface area contributed by atoms with Gasteiger partial charge in [0.1, 0.15) is 35.7 Å². The number of benzene rings is 1. The predicted octanol–water partition coefficient (Wildman–Crippen LogP) is -0.782. The largest absolute Gasteiger partial charge is 0.508 e. The molecule has 3 aromatic rings. The van der Waals surface area contributed by atoms with Crippen LogP contribution in [0.1, 0.15) is 18.5 Å². The van der Waals surface area contributed by atoms with Crippen molar-refractivity contribution in [3.05, 3.63) is 46.6 Å². The molecule has 33 heavy (non-hydrogen) atoms. The summed E-state index contributed by atoms with van der Waals surface area (Å²) in [6, 6.07) is 6.09. The molecular weight excluding hydrogens is 438 g/mol. The number of aromatic nitrogens is 3. The molecular formula is C21H25N3O9. The molecule has 1 aliphatic heterocycles. The number of aromatic hydroxyl groups is 1. The number of nitrogens with zero attached hydrogens (tertiary/aromatic N) is 3. The number of phenolic OH excluding ortho intramolecular Hbond substituents is 1. The quantitative estimate of drug-likeness (QED) is 0.209. The molecule has 1 saturated heterocycles. The minimum absolute atomic E-state index is 0.00281. The molecule has 0 saturated carbocycles. The zero-order valence-corrected chi connectivity index (χ0v) is 17.5. The second-order valence-electron chi connectivity index (χ2n) is 7.82. The van der Waals surface area contributed by atoms with Crippen LogP contribution in [0.15, 0.2) is 39.7 Å². The average Bonchev–Trinajstić information content (AvgIpc) is 3.26. The molecule has 0 unspecified atom stereocenters. The Bertz CT molecular complexity index is 1150. The Balaban J connectivity index is 1.29. The van der Waals surface area contributed by atoms with Crippen molar-refractivity contribution in [1.82, 2.24) is 15.0 Å². The topological polar surface area (TPSA) is 181 Å². The Morgan fingerprint density at radius 3 is 2.70 bits per heavy atom. The highest BCUT2D eigenvalue weighted by molar-refractivity contribution is 5.79. The smallest absolute Gasteiger partial charge is 0.362 e. The van der Waals surface area contributed by atoms with E-state index in [1.807, 2.05) is 0 Å². The number of aliphatic hydroxyl groups excluding tert-OH is 4. The summed E-state index contributed by atoms with van der Waals surface area (Å²) < 4.78 is 17.3. The molecule has 2 aromatic heterocycles. The van der Waals surface area contributed by atoms with Gasteiger partial charge in [-0.3, -0.25) is 0 Å². The fourth-order valence-electron chi connectivity index (χ4n) is 3.59. The van der Waals surface area contributed by atoms with Crippen molar-refractivity contribution in [2.75, 3.05) is 13.2 Å². The summed E-state index contributed by atoms with van der Waals surface area (Å²) in [4.78, 5) is 12.3. The molecule has 12 nitrogen and oxygen atoms in total. The summed E-state index contributed by atoms with van der Waals surface area (Å²) in [7, 11) is 0. The molecule has 1 aromatic carbocycles. The summed E-state index contributed by atoms with van der Waals surface area (Å²) in [5.74, 6) is -0.00281. The number of unbranched alkanes of at least 4 members (excludes halogenated alkanes) is 1. The molecule has 5 atom stereocenters. The normalized spacial score (nSPS) is 25.5. The minimum Gasteiger partial charge on any atom is -0.508 e. The van der Waals surface area contributed by atoms with Crippen molar-refractivity contribution in [1.29, 1.82) is 0 Å². The molecule has 0 bridgehead atoms. The molecule has 178 valence electrons. The summed E-state index contributed by atoms with van der Waals surface area (Å²) >= 11 is 0. The van der Waals surface area contributed by atoms with E-state index in [1.54, 1.807) is 18.3 Å². The molecule has 1 aliphatic rings. The van der Waals surface area contributed by atoms with Gasteiger partial charge in [-0.15, -0.1) is 5.10 Å². The van der Waals surface area contributed by atoms with Gasteiger partial charge in [-0.2, -0.15) is 0 Å². The van der Waals surface area contributed by atoms with Gasteiger partial charge in [0.15, 0.2) is 12.0 Å². The van der Waals surface area contributed by atoms with E-state index in [0.29, 0.717) is 30.3 Å².